The van der Waals surface area contributed by atoms with Gasteiger partial charge in [-0.05, 0) is 62.9 Å². The molecule has 0 bridgehead atoms. The van der Waals surface area contributed by atoms with Gasteiger partial charge < -0.3 is 5.32 Å². The monoisotopic (exact) mass is 346 g/mol. The Morgan fingerprint density at radius 2 is 1.81 bits per heavy atom. The Bertz CT molecular complexity index is 975. The first-order chi connectivity index (χ1) is 12.4. The summed E-state index contributed by atoms with van der Waals surface area (Å²) < 4.78 is 0. The van der Waals surface area contributed by atoms with E-state index in [1.54, 1.807) is 0 Å². The maximum Gasteiger partial charge on any atom is 0.224 e. The molecule has 3 rings (SSSR count). The lowest BCUT2D eigenvalue weighted by molar-refractivity contribution is -0.121. The molecule has 1 unspecified atom stereocenters. The van der Waals surface area contributed by atoms with Crippen LogP contribution in [0.2, 0.25) is 0 Å². The highest BCUT2D eigenvalue weighted by Crippen LogP contribution is 2.24. The number of benzene rings is 2. The second-order valence-electron chi connectivity index (χ2n) is 7.14. The third kappa shape index (κ3) is 3.62. The highest BCUT2D eigenvalue weighted by Gasteiger charge is 2.16. The van der Waals surface area contributed by atoms with Crippen molar-refractivity contribution in [2.24, 2.45) is 0 Å². The minimum absolute atomic E-state index is 0.0172. The lowest BCUT2D eigenvalue weighted by atomic mass is 9.98. The summed E-state index contributed by atoms with van der Waals surface area (Å²) in [5.74, 6) is 0.0293. The average molecular weight is 346 g/mol. The zero-order valence-corrected chi connectivity index (χ0v) is 16.2. The number of nitrogens with zero attached hydrogens (tertiary/aromatic N) is 1. The Morgan fingerprint density at radius 1 is 1.08 bits per heavy atom. The molecule has 0 fully saturated rings. The third-order valence-corrected chi connectivity index (χ3v) is 5.10. The molecule has 1 heterocycles. The Kier molecular flexibility index (Phi) is 5.08. The highest BCUT2D eigenvalue weighted by atomic mass is 16.1. The lowest BCUT2D eigenvalue weighted by Crippen LogP contribution is -2.29. The number of carbonyl (C=O) groups excluding carboxylic acids is 1. The summed E-state index contributed by atoms with van der Waals surface area (Å²) in [4.78, 5) is 17.4. The molecule has 3 heteroatoms. The van der Waals surface area contributed by atoms with E-state index in [-0.39, 0.29) is 11.9 Å². The van der Waals surface area contributed by atoms with Gasteiger partial charge in [0.1, 0.15) is 0 Å². The molecule has 1 aromatic heterocycles. The van der Waals surface area contributed by atoms with Gasteiger partial charge in [0.25, 0.3) is 0 Å². The van der Waals surface area contributed by atoms with Crippen LogP contribution in [0.3, 0.4) is 0 Å². The van der Waals surface area contributed by atoms with E-state index < -0.39 is 0 Å². The topological polar surface area (TPSA) is 42.0 Å². The first-order valence-corrected chi connectivity index (χ1v) is 9.08. The fourth-order valence-corrected chi connectivity index (χ4v) is 3.59. The summed E-state index contributed by atoms with van der Waals surface area (Å²) in [6.07, 6.45) is 0.352. The van der Waals surface area contributed by atoms with Gasteiger partial charge in [-0.2, -0.15) is 0 Å². The summed E-state index contributed by atoms with van der Waals surface area (Å²) >= 11 is 0. The van der Waals surface area contributed by atoms with Crippen LogP contribution in [-0.4, -0.2) is 10.9 Å². The fourth-order valence-electron chi connectivity index (χ4n) is 3.59. The van der Waals surface area contributed by atoms with Gasteiger partial charge in [-0.3, -0.25) is 9.78 Å². The van der Waals surface area contributed by atoms with E-state index >= 15 is 0 Å². The van der Waals surface area contributed by atoms with E-state index in [2.05, 4.69) is 55.3 Å². The predicted molar refractivity (Wildman–Crippen MR) is 107 cm³/mol. The Labute approximate surface area is 155 Å². The van der Waals surface area contributed by atoms with Crippen molar-refractivity contribution in [3.63, 3.8) is 0 Å². The van der Waals surface area contributed by atoms with Gasteiger partial charge in [0.2, 0.25) is 5.91 Å². The fraction of sp³-hybridized carbons (Fsp3) is 0.304. The Balaban J connectivity index is 1.82. The maximum atomic E-state index is 12.7. The van der Waals surface area contributed by atoms with Crippen LogP contribution in [0.25, 0.3) is 10.9 Å². The van der Waals surface area contributed by atoms with Crippen molar-refractivity contribution in [2.45, 2.75) is 47.1 Å². The number of hydrogen-bond acceptors (Lipinski definition) is 2. The van der Waals surface area contributed by atoms with Crippen LogP contribution in [0.1, 0.15) is 46.5 Å². The van der Waals surface area contributed by atoms with Crippen molar-refractivity contribution >= 4 is 16.8 Å². The molecule has 0 aliphatic carbocycles. The molecular formula is C23H26N2O. The minimum Gasteiger partial charge on any atom is -0.349 e. The predicted octanol–water partition coefficient (Wildman–Crippen LogP) is 4.89. The maximum absolute atomic E-state index is 12.7. The zero-order valence-electron chi connectivity index (χ0n) is 16.2. The molecule has 3 nitrogen and oxygen atoms in total. The van der Waals surface area contributed by atoms with Crippen molar-refractivity contribution in [1.29, 1.82) is 0 Å². The summed E-state index contributed by atoms with van der Waals surface area (Å²) in [6.45, 7) is 10.3. The minimum atomic E-state index is -0.0172. The molecule has 2 aromatic carbocycles. The third-order valence-electron chi connectivity index (χ3n) is 5.10. The molecule has 0 aliphatic heterocycles. The van der Waals surface area contributed by atoms with Crippen LogP contribution < -0.4 is 5.32 Å². The molecule has 0 aliphatic rings. The van der Waals surface area contributed by atoms with Gasteiger partial charge in [-0.1, -0.05) is 42.0 Å². The normalized spacial score (nSPS) is 12.2. The largest absolute Gasteiger partial charge is 0.349 e. The molecule has 0 radical (unpaired) electrons. The molecule has 1 N–H and O–H groups in total. The van der Waals surface area contributed by atoms with Gasteiger partial charge >= 0.3 is 0 Å². The standard InChI is InChI=1S/C23H26N2O/c1-14-10-11-15(2)20(12-14)17(4)25-23(26)13-21-16(3)19-8-6-7-9-22(19)24-18(21)5/h6-12,17H,13H2,1-5H3,(H,25,26). The number of fused-ring (bicyclic) bond motifs is 1. The van der Waals surface area contributed by atoms with E-state index in [4.69, 9.17) is 0 Å². The number of para-hydroxylation sites is 1. The number of hydrogen-bond donors (Lipinski definition) is 1. The zero-order chi connectivity index (χ0) is 18.8. The molecule has 134 valence electrons. The Morgan fingerprint density at radius 3 is 2.58 bits per heavy atom. The smallest absolute Gasteiger partial charge is 0.224 e. The van der Waals surface area contributed by atoms with Crippen LogP contribution in [-0.2, 0) is 11.2 Å². The van der Waals surface area contributed by atoms with Crippen molar-refractivity contribution in [3.8, 4) is 0 Å². The van der Waals surface area contributed by atoms with Crippen molar-refractivity contribution in [3.05, 3.63) is 76.0 Å². The van der Waals surface area contributed by atoms with E-state index in [0.717, 1.165) is 27.7 Å². The van der Waals surface area contributed by atoms with E-state index in [0.29, 0.717) is 6.42 Å². The number of nitrogens with one attached hydrogen (secondary N) is 1. The molecule has 0 saturated carbocycles. The molecular weight excluding hydrogens is 320 g/mol. The van der Waals surface area contributed by atoms with Gasteiger partial charge in [0, 0.05) is 11.1 Å². The van der Waals surface area contributed by atoms with Crippen LogP contribution in [0.15, 0.2) is 42.5 Å². The molecule has 26 heavy (non-hydrogen) atoms. The quantitative estimate of drug-likeness (QED) is 0.731. The van der Waals surface area contributed by atoms with Gasteiger partial charge in [0.15, 0.2) is 0 Å². The first-order valence-electron chi connectivity index (χ1n) is 9.08. The molecule has 1 amide bonds. The number of aryl methyl sites for hydroxylation is 4. The summed E-state index contributed by atoms with van der Waals surface area (Å²) in [5.41, 5.74) is 7.65. The number of pyridine rings is 1. The van der Waals surface area contributed by atoms with Crippen LogP contribution in [0, 0.1) is 27.7 Å². The second-order valence-corrected chi connectivity index (χ2v) is 7.14. The van der Waals surface area contributed by atoms with Gasteiger partial charge in [0.05, 0.1) is 18.0 Å². The summed E-state index contributed by atoms with van der Waals surface area (Å²) in [7, 11) is 0. The van der Waals surface area contributed by atoms with Crippen molar-refractivity contribution in [1.82, 2.24) is 10.3 Å². The van der Waals surface area contributed by atoms with E-state index in [9.17, 15) is 4.79 Å². The van der Waals surface area contributed by atoms with E-state index in [1.807, 2.05) is 32.0 Å². The van der Waals surface area contributed by atoms with Crippen molar-refractivity contribution < 1.29 is 4.79 Å². The SMILES string of the molecule is Cc1ccc(C)c(C(C)NC(=O)Cc2c(C)nc3ccccc3c2C)c1. The van der Waals surface area contributed by atoms with Crippen LogP contribution in [0.5, 0.6) is 0 Å². The molecule has 1 atom stereocenters. The van der Waals surface area contributed by atoms with E-state index in [1.165, 1.54) is 16.7 Å². The van der Waals surface area contributed by atoms with Gasteiger partial charge in [-0.15, -0.1) is 0 Å². The van der Waals surface area contributed by atoms with Gasteiger partial charge in [-0.25, -0.2) is 0 Å². The number of amides is 1. The lowest BCUT2D eigenvalue weighted by Gasteiger charge is -2.18. The first kappa shape index (κ1) is 18.1. The number of rotatable bonds is 4. The summed E-state index contributed by atoms with van der Waals surface area (Å²) in [5, 5.41) is 4.26. The summed E-state index contributed by atoms with van der Waals surface area (Å²) in [6, 6.07) is 14.4. The van der Waals surface area contributed by atoms with Crippen LogP contribution >= 0.6 is 0 Å². The molecule has 0 saturated heterocycles. The van der Waals surface area contributed by atoms with Crippen molar-refractivity contribution in [2.75, 3.05) is 0 Å². The second kappa shape index (κ2) is 7.28. The molecule has 0 spiro atoms. The highest BCUT2D eigenvalue weighted by molar-refractivity contribution is 5.86. The number of aromatic nitrogens is 1. The average Bonchev–Trinajstić information content (AvgIpc) is 2.60. The van der Waals surface area contributed by atoms with Crippen LogP contribution in [0.4, 0.5) is 0 Å². The molecule has 3 aromatic rings. The number of carbonyl (C=O) groups is 1. The Hall–Kier alpha value is -2.68.